The lowest BCUT2D eigenvalue weighted by Gasteiger charge is -2.16. The summed E-state index contributed by atoms with van der Waals surface area (Å²) in [6, 6.07) is 10.5. The minimum Gasteiger partial charge on any atom is -0.493 e. The molecule has 0 atom stereocenters. The van der Waals surface area contributed by atoms with Crippen molar-refractivity contribution in [3.8, 4) is 17.2 Å². The number of ether oxygens (including phenoxy) is 4. The molecule has 1 aromatic heterocycles. The summed E-state index contributed by atoms with van der Waals surface area (Å²) < 4.78 is 21.6. The number of nitrogens with one attached hydrogen (secondary N) is 2. The lowest BCUT2D eigenvalue weighted by molar-refractivity contribution is 0.0526. The molecule has 0 bridgehead atoms. The first-order valence-corrected chi connectivity index (χ1v) is 13.6. The zero-order valence-corrected chi connectivity index (χ0v) is 23.1. The van der Waals surface area contributed by atoms with E-state index in [0.29, 0.717) is 47.2 Å². The Balaban J connectivity index is 1.60. The van der Waals surface area contributed by atoms with Crippen molar-refractivity contribution < 1.29 is 28.5 Å². The van der Waals surface area contributed by atoms with E-state index in [9.17, 15) is 9.59 Å². The molecule has 1 heterocycles. The zero-order valence-electron chi connectivity index (χ0n) is 22.3. The van der Waals surface area contributed by atoms with Crippen LogP contribution in [-0.2, 0) is 24.1 Å². The van der Waals surface area contributed by atoms with Crippen LogP contribution in [0.15, 0.2) is 36.4 Å². The van der Waals surface area contributed by atoms with Gasteiger partial charge in [-0.1, -0.05) is 6.42 Å². The average molecular weight is 539 g/mol. The van der Waals surface area contributed by atoms with Gasteiger partial charge in [-0.3, -0.25) is 4.79 Å². The van der Waals surface area contributed by atoms with Crippen molar-refractivity contribution in [2.24, 2.45) is 0 Å². The van der Waals surface area contributed by atoms with Crippen LogP contribution >= 0.6 is 11.3 Å². The second kappa shape index (κ2) is 12.7. The third kappa shape index (κ3) is 5.88. The molecule has 9 heteroatoms. The maximum absolute atomic E-state index is 13.6. The van der Waals surface area contributed by atoms with Crippen LogP contribution in [0.3, 0.4) is 0 Å². The number of aryl methyl sites for hydroxylation is 1. The Labute approximate surface area is 227 Å². The third-order valence-corrected chi connectivity index (χ3v) is 7.78. The van der Waals surface area contributed by atoms with Gasteiger partial charge in [-0.2, -0.15) is 0 Å². The fourth-order valence-electron chi connectivity index (χ4n) is 4.68. The smallest absolute Gasteiger partial charge is 0.338 e. The van der Waals surface area contributed by atoms with Crippen LogP contribution in [0.1, 0.15) is 62.9 Å². The SMILES string of the molecule is CCOC(=O)c1ccc(NC(=O)c2c(NCc3ccc(OC)c(OC)c3OC)sc3c2CCCCC3)cc1. The fraction of sp³-hybridized carbons (Fsp3) is 0.379. The number of hydrogen-bond acceptors (Lipinski definition) is 8. The van der Waals surface area contributed by atoms with Crippen molar-refractivity contribution in [2.75, 3.05) is 38.6 Å². The van der Waals surface area contributed by atoms with E-state index in [2.05, 4.69) is 10.6 Å². The van der Waals surface area contributed by atoms with Crippen LogP contribution in [0.25, 0.3) is 0 Å². The highest BCUT2D eigenvalue weighted by Gasteiger charge is 2.25. The molecule has 0 radical (unpaired) electrons. The summed E-state index contributed by atoms with van der Waals surface area (Å²) in [5.41, 5.74) is 3.75. The molecule has 3 aromatic rings. The van der Waals surface area contributed by atoms with Crippen molar-refractivity contribution >= 4 is 33.9 Å². The van der Waals surface area contributed by atoms with Gasteiger partial charge in [-0.15, -0.1) is 11.3 Å². The zero-order chi connectivity index (χ0) is 27.1. The molecular formula is C29H34N2O6S. The normalized spacial score (nSPS) is 12.6. The minimum atomic E-state index is -0.384. The van der Waals surface area contributed by atoms with Gasteiger partial charge in [-0.05, 0) is 74.6 Å². The summed E-state index contributed by atoms with van der Waals surface area (Å²) in [7, 11) is 4.76. The number of benzene rings is 2. The van der Waals surface area contributed by atoms with Crippen LogP contribution < -0.4 is 24.8 Å². The first kappa shape index (κ1) is 27.3. The van der Waals surface area contributed by atoms with Gasteiger partial charge in [0.15, 0.2) is 11.5 Å². The summed E-state index contributed by atoms with van der Waals surface area (Å²) in [6.07, 6.45) is 5.17. The number of carbonyl (C=O) groups excluding carboxylic acids is 2. The Morgan fingerprint density at radius 1 is 0.895 bits per heavy atom. The van der Waals surface area contributed by atoms with E-state index in [1.54, 1.807) is 63.9 Å². The standard InChI is InChI=1S/C29H34N2O6S/c1-5-37-29(33)18-11-14-20(15-12-18)31-27(32)24-21-9-7-6-8-10-23(21)38-28(24)30-17-19-13-16-22(34-2)26(36-4)25(19)35-3/h11-16,30H,5-10,17H2,1-4H3,(H,31,32). The van der Waals surface area contributed by atoms with Crippen molar-refractivity contribution in [3.63, 3.8) is 0 Å². The molecule has 0 spiro atoms. The number of hydrogen-bond donors (Lipinski definition) is 2. The first-order chi connectivity index (χ1) is 18.5. The molecule has 38 heavy (non-hydrogen) atoms. The average Bonchev–Trinajstić information content (AvgIpc) is 3.12. The third-order valence-electron chi connectivity index (χ3n) is 6.53. The predicted molar refractivity (Wildman–Crippen MR) is 149 cm³/mol. The Hall–Kier alpha value is -3.72. The molecule has 2 aromatic carbocycles. The summed E-state index contributed by atoms with van der Waals surface area (Å²) in [6.45, 7) is 2.52. The number of amides is 1. The summed E-state index contributed by atoms with van der Waals surface area (Å²) in [5, 5.41) is 7.35. The molecule has 0 aliphatic heterocycles. The number of rotatable bonds is 10. The van der Waals surface area contributed by atoms with Gasteiger partial charge in [0.1, 0.15) is 5.00 Å². The molecule has 0 fully saturated rings. The molecule has 202 valence electrons. The Morgan fingerprint density at radius 3 is 2.32 bits per heavy atom. The lowest BCUT2D eigenvalue weighted by atomic mass is 10.0. The molecule has 1 aliphatic carbocycles. The highest BCUT2D eigenvalue weighted by Crippen LogP contribution is 2.42. The lowest BCUT2D eigenvalue weighted by Crippen LogP contribution is -2.16. The quantitative estimate of drug-likeness (QED) is 0.238. The number of fused-ring (bicyclic) bond motifs is 1. The Bertz CT molecular complexity index is 1290. The number of thiophene rings is 1. The highest BCUT2D eigenvalue weighted by molar-refractivity contribution is 7.16. The maximum atomic E-state index is 13.6. The minimum absolute atomic E-state index is 0.171. The van der Waals surface area contributed by atoms with Gasteiger partial charge in [0.05, 0.1) is 39.1 Å². The second-order valence-corrected chi connectivity index (χ2v) is 9.97. The Morgan fingerprint density at radius 2 is 1.63 bits per heavy atom. The molecule has 1 amide bonds. The number of esters is 1. The van der Waals surface area contributed by atoms with Crippen LogP contribution in [0.4, 0.5) is 10.7 Å². The molecule has 2 N–H and O–H groups in total. The van der Waals surface area contributed by atoms with E-state index in [0.717, 1.165) is 48.2 Å². The van der Waals surface area contributed by atoms with Gasteiger partial charge in [0.25, 0.3) is 5.91 Å². The fourth-order valence-corrected chi connectivity index (χ4v) is 5.97. The highest BCUT2D eigenvalue weighted by atomic mass is 32.1. The molecule has 8 nitrogen and oxygen atoms in total. The van der Waals surface area contributed by atoms with Gasteiger partial charge >= 0.3 is 5.97 Å². The largest absolute Gasteiger partial charge is 0.493 e. The van der Waals surface area contributed by atoms with Crippen LogP contribution in [0.5, 0.6) is 17.2 Å². The number of carbonyl (C=O) groups is 2. The van der Waals surface area contributed by atoms with Gasteiger partial charge < -0.3 is 29.6 Å². The van der Waals surface area contributed by atoms with Crippen molar-refractivity contribution in [1.29, 1.82) is 0 Å². The predicted octanol–water partition coefficient (Wildman–Crippen LogP) is 6.08. The first-order valence-electron chi connectivity index (χ1n) is 12.7. The summed E-state index contributed by atoms with van der Waals surface area (Å²) >= 11 is 1.65. The molecule has 0 unspecified atom stereocenters. The van der Waals surface area contributed by atoms with Gasteiger partial charge in [-0.25, -0.2) is 4.79 Å². The maximum Gasteiger partial charge on any atom is 0.338 e. The second-order valence-electron chi connectivity index (χ2n) is 8.87. The summed E-state index contributed by atoms with van der Waals surface area (Å²) in [4.78, 5) is 26.9. The topological polar surface area (TPSA) is 95.1 Å². The monoisotopic (exact) mass is 538 g/mol. The summed E-state index contributed by atoms with van der Waals surface area (Å²) in [5.74, 6) is 1.15. The molecular weight excluding hydrogens is 504 g/mol. The number of anilines is 2. The van der Waals surface area contributed by atoms with E-state index in [1.807, 2.05) is 12.1 Å². The van der Waals surface area contributed by atoms with Crippen molar-refractivity contribution in [2.45, 2.75) is 45.6 Å². The van der Waals surface area contributed by atoms with Crippen molar-refractivity contribution in [3.05, 3.63) is 63.5 Å². The van der Waals surface area contributed by atoms with E-state index < -0.39 is 0 Å². The molecule has 0 saturated heterocycles. The number of methoxy groups -OCH3 is 3. The van der Waals surface area contributed by atoms with Crippen LogP contribution in [-0.4, -0.2) is 39.8 Å². The molecule has 4 rings (SSSR count). The van der Waals surface area contributed by atoms with Crippen molar-refractivity contribution in [1.82, 2.24) is 0 Å². The van der Waals surface area contributed by atoms with E-state index in [1.165, 1.54) is 4.88 Å². The Kier molecular flexibility index (Phi) is 9.12. The van der Waals surface area contributed by atoms with E-state index in [-0.39, 0.29) is 11.9 Å². The van der Waals surface area contributed by atoms with Crippen LogP contribution in [0, 0.1) is 0 Å². The van der Waals surface area contributed by atoms with E-state index in [4.69, 9.17) is 18.9 Å². The molecule has 1 aliphatic rings. The van der Waals surface area contributed by atoms with Gasteiger partial charge in [0.2, 0.25) is 5.75 Å². The molecule has 0 saturated carbocycles. The van der Waals surface area contributed by atoms with Crippen LogP contribution in [0.2, 0.25) is 0 Å². The van der Waals surface area contributed by atoms with E-state index >= 15 is 0 Å². The van der Waals surface area contributed by atoms with Gasteiger partial charge in [0, 0.05) is 22.7 Å².